The summed E-state index contributed by atoms with van der Waals surface area (Å²) in [6, 6.07) is 11.1. The molecule has 1 saturated heterocycles. The van der Waals surface area contributed by atoms with Crippen LogP contribution in [0.4, 0.5) is 22.0 Å². The van der Waals surface area contributed by atoms with E-state index in [1.165, 1.54) is 31.0 Å². The number of ether oxygens (including phenoxy) is 2. The third kappa shape index (κ3) is 4.48. The molecule has 5 rings (SSSR count). The molecule has 0 saturated carbocycles. The quantitative estimate of drug-likeness (QED) is 0.259. The SMILES string of the molecule is Oc1ccc2c(c1)C(c1ccc(OCCN3CCCC3)cc1)[C@@H](c1c(F)c(F)c(F)c(F)c1F)CO2. The summed E-state index contributed by atoms with van der Waals surface area (Å²) in [6.45, 7) is 3.08. The Hall–Kier alpha value is -3.33. The van der Waals surface area contributed by atoms with Crippen molar-refractivity contribution in [3.05, 3.63) is 88.2 Å². The van der Waals surface area contributed by atoms with E-state index in [0.29, 0.717) is 29.2 Å². The maximum Gasteiger partial charge on any atom is 0.200 e. The molecule has 9 heteroatoms. The van der Waals surface area contributed by atoms with Gasteiger partial charge in [-0.2, -0.15) is 0 Å². The number of hydrogen-bond acceptors (Lipinski definition) is 4. The number of nitrogens with zero attached hydrogens (tertiary/aromatic N) is 1. The third-order valence-electron chi connectivity index (χ3n) is 6.88. The highest BCUT2D eigenvalue weighted by molar-refractivity contribution is 5.51. The van der Waals surface area contributed by atoms with Crippen molar-refractivity contribution in [2.75, 3.05) is 32.8 Å². The van der Waals surface area contributed by atoms with E-state index in [1.807, 2.05) is 0 Å². The highest BCUT2D eigenvalue weighted by Crippen LogP contribution is 2.48. The van der Waals surface area contributed by atoms with Crippen LogP contribution in [0, 0.1) is 29.1 Å². The molecule has 1 unspecified atom stereocenters. The van der Waals surface area contributed by atoms with Crippen molar-refractivity contribution < 1.29 is 36.5 Å². The standard InChI is InChI=1S/C27H24F5NO3/c28-23-22(24(29)26(31)27(32)25(23)30)19-14-36-20-8-5-16(34)13-18(20)21(19)15-3-6-17(7-4-15)35-12-11-33-9-1-2-10-33/h3-8,13,19,21,34H,1-2,9-12,14H2/t19-,21?/m0/s1. The Morgan fingerprint density at radius 2 is 1.50 bits per heavy atom. The van der Waals surface area contributed by atoms with Gasteiger partial charge in [-0.05, 0) is 61.8 Å². The maximum absolute atomic E-state index is 14.8. The van der Waals surface area contributed by atoms with Gasteiger partial charge in [-0.1, -0.05) is 12.1 Å². The maximum atomic E-state index is 14.8. The summed E-state index contributed by atoms with van der Waals surface area (Å²) in [7, 11) is 0. The fraction of sp³-hybridized carbons (Fsp3) is 0.333. The van der Waals surface area contributed by atoms with Crippen LogP contribution in [0.25, 0.3) is 0 Å². The fourth-order valence-corrected chi connectivity index (χ4v) is 5.08. The van der Waals surface area contributed by atoms with E-state index >= 15 is 0 Å². The number of halogens is 5. The molecular weight excluding hydrogens is 481 g/mol. The second-order valence-corrected chi connectivity index (χ2v) is 9.07. The van der Waals surface area contributed by atoms with Crippen molar-refractivity contribution in [3.63, 3.8) is 0 Å². The molecule has 190 valence electrons. The minimum atomic E-state index is -2.21. The molecule has 1 fully saturated rings. The van der Waals surface area contributed by atoms with E-state index < -0.39 is 46.5 Å². The van der Waals surface area contributed by atoms with Crippen LogP contribution in [0.5, 0.6) is 17.2 Å². The first-order valence-corrected chi connectivity index (χ1v) is 11.8. The number of fused-ring (bicyclic) bond motifs is 1. The average molecular weight is 505 g/mol. The van der Waals surface area contributed by atoms with Gasteiger partial charge in [-0.25, -0.2) is 22.0 Å². The summed E-state index contributed by atoms with van der Waals surface area (Å²) in [4.78, 5) is 2.31. The monoisotopic (exact) mass is 505 g/mol. The van der Waals surface area contributed by atoms with E-state index in [0.717, 1.165) is 19.6 Å². The molecule has 36 heavy (non-hydrogen) atoms. The second kappa shape index (κ2) is 9.97. The van der Waals surface area contributed by atoms with Crippen LogP contribution < -0.4 is 9.47 Å². The zero-order valence-electron chi connectivity index (χ0n) is 19.2. The lowest BCUT2D eigenvalue weighted by atomic mass is 9.75. The topological polar surface area (TPSA) is 41.9 Å². The summed E-state index contributed by atoms with van der Waals surface area (Å²) in [5.74, 6) is -11.3. The molecule has 0 aliphatic carbocycles. The molecule has 2 aliphatic heterocycles. The van der Waals surface area contributed by atoms with E-state index in [-0.39, 0.29) is 12.4 Å². The molecule has 1 N–H and O–H groups in total. The predicted octanol–water partition coefficient (Wildman–Crippen LogP) is 5.87. The molecule has 0 radical (unpaired) electrons. The third-order valence-corrected chi connectivity index (χ3v) is 6.88. The van der Waals surface area contributed by atoms with Crippen LogP contribution in [0.15, 0.2) is 42.5 Å². The van der Waals surface area contributed by atoms with Gasteiger partial charge in [-0.3, -0.25) is 4.90 Å². The number of likely N-dealkylation sites (tertiary alicyclic amines) is 1. The van der Waals surface area contributed by atoms with Crippen molar-refractivity contribution >= 4 is 0 Å². The fourth-order valence-electron chi connectivity index (χ4n) is 5.08. The predicted molar refractivity (Wildman–Crippen MR) is 122 cm³/mol. The van der Waals surface area contributed by atoms with Crippen LogP contribution in [0.1, 0.15) is 41.4 Å². The molecule has 4 nitrogen and oxygen atoms in total. The van der Waals surface area contributed by atoms with Crippen LogP contribution in [0.3, 0.4) is 0 Å². The first-order valence-electron chi connectivity index (χ1n) is 11.8. The molecule has 3 aromatic rings. The van der Waals surface area contributed by atoms with E-state index in [4.69, 9.17) is 9.47 Å². The van der Waals surface area contributed by atoms with Crippen LogP contribution in [-0.4, -0.2) is 42.9 Å². The zero-order chi connectivity index (χ0) is 25.4. The Labute approximate surface area is 204 Å². The van der Waals surface area contributed by atoms with Crippen LogP contribution in [-0.2, 0) is 0 Å². The van der Waals surface area contributed by atoms with E-state index in [2.05, 4.69) is 4.90 Å². The molecule has 0 spiro atoms. The molecule has 0 bridgehead atoms. The van der Waals surface area contributed by atoms with Crippen molar-refractivity contribution in [1.29, 1.82) is 0 Å². The Morgan fingerprint density at radius 3 is 2.17 bits per heavy atom. The van der Waals surface area contributed by atoms with Crippen molar-refractivity contribution in [1.82, 2.24) is 4.90 Å². The molecule has 2 heterocycles. The van der Waals surface area contributed by atoms with Gasteiger partial charge in [0.15, 0.2) is 23.3 Å². The number of aromatic hydroxyl groups is 1. The van der Waals surface area contributed by atoms with Gasteiger partial charge in [0.1, 0.15) is 23.9 Å². The lowest BCUT2D eigenvalue weighted by Gasteiger charge is -2.35. The van der Waals surface area contributed by atoms with Crippen LogP contribution >= 0.6 is 0 Å². The van der Waals surface area contributed by atoms with Gasteiger partial charge in [0.05, 0.1) is 6.61 Å². The van der Waals surface area contributed by atoms with E-state index in [1.54, 1.807) is 24.3 Å². The summed E-state index contributed by atoms with van der Waals surface area (Å²) in [5, 5.41) is 10.1. The highest BCUT2D eigenvalue weighted by Gasteiger charge is 2.40. The minimum absolute atomic E-state index is 0.123. The summed E-state index contributed by atoms with van der Waals surface area (Å²) >= 11 is 0. The number of hydrogen-bond donors (Lipinski definition) is 1. The number of rotatable bonds is 6. The van der Waals surface area contributed by atoms with Crippen LogP contribution in [0.2, 0.25) is 0 Å². The summed E-state index contributed by atoms with van der Waals surface area (Å²) in [5.41, 5.74) is -0.0276. The normalized spacial score (nSPS) is 19.7. The Balaban J connectivity index is 1.50. The molecule has 0 amide bonds. The number of benzene rings is 3. The highest BCUT2D eigenvalue weighted by atomic mass is 19.2. The summed E-state index contributed by atoms with van der Waals surface area (Å²) < 4.78 is 82.9. The summed E-state index contributed by atoms with van der Waals surface area (Å²) in [6.07, 6.45) is 2.36. The smallest absolute Gasteiger partial charge is 0.200 e. The molecule has 2 atom stereocenters. The van der Waals surface area contributed by atoms with Gasteiger partial charge in [-0.15, -0.1) is 0 Å². The lowest BCUT2D eigenvalue weighted by molar-refractivity contribution is 0.235. The Bertz CT molecular complexity index is 1230. The van der Waals surface area contributed by atoms with Gasteiger partial charge >= 0.3 is 0 Å². The average Bonchev–Trinajstić information content (AvgIpc) is 3.40. The molecule has 0 aromatic heterocycles. The second-order valence-electron chi connectivity index (χ2n) is 9.07. The number of phenolic OH excluding ortho intramolecular Hbond substituents is 1. The molecular formula is C27H24F5NO3. The first kappa shape index (κ1) is 24.4. The van der Waals surface area contributed by atoms with Gasteiger partial charge in [0.2, 0.25) is 5.82 Å². The minimum Gasteiger partial charge on any atom is -0.508 e. The van der Waals surface area contributed by atoms with E-state index in [9.17, 15) is 27.1 Å². The largest absolute Gasteiger partial charge is 0.508 e. The van der Waals surface area contributed by atoms with Gasteiger partial charge < -0.3 is 14.6 Å². The molecule has 2 aliphatic rings. The van der Waals surface area contributed by atoms with Gasteiger partial charge in [0, 0.05) is 29.5 Å². The molecule has 3 aromatic carbocycles. The Morgan fingerprint density at radius 1 is 0.861 bits per heavy atom. The van der Waals surface area contributed by atoms with Crippen molar-refractivity contribution in [2.24, 2.45) is 0 Å². The van der Waals surface area contributed by atoms with Gasteiger partial charge in [0.25, 0.3) is 0 Å². The zero-order valence-corrected chi connectivity index (χ0v) is 19.2. The number of phenols is 1. The lowest BCUT2D eigenvalue weighted by Crippen LogP contribution is -2.28. The van der Waals surface area contributed by atoms with Crippen molar-refractivity contribution in [2.45, 2.75) is 24.7 Å². The Kier molecular flexibility index (Phi) is 6.75. The first-order chi connectivity index (χ1) is 17.3. The van der Waals surface area contributed by atoms with Crippen molar-refractivity contribution in [3.8, 4) is 17.2 Å².